The zero-order valence-electron chi connectivity index (χ0n) is 14.8. The Labute approximate surface area is 147 Å². The molecule has 0 saturated carbocycles. The van der Waals surface area contributed by atoms with Crippen LogP contribution in [0.3, 0.4) is 0 Å². The minimum absolute atomic E-state index is 0.0984. The van der Waals surface area contributed by atoms with Crippen LogP contribution in [0.15, 0.2) is 24.3 Å². The Balaban J connectivity index is 1.59. The predicted molar refractivity (Wildman–Crippen MR) is 95.3 cm³/mol. The SMILES string of the molecule is CCOCc1ccc(NC(=O)N[C@H]2CCCn3nc(CC)nc32)cc1. The molecule has 7 nitrogen and oxygen atoms in total. The monoisotopic (exact) mass is 343 g/mol. The van der Waals surface area contributed by atoms with Gasteiger partial charge in [-0.3, -0.25) is 0 Å². The number of aryl methyl sites for hydroxylation is 2. The molecule has 0 spiro atoms. The molecule has 0 radical (unpaired) electrons. The van der Waals surface area contributed by atoms with Crippen LogP contribution >= 0.6 is 0 Å². The van der Waals surface area contributed by atoms with Gasteiger partial charge in [-0.2, -0.15) is 5.10 Å². The summed E-state index contributed by atoms with van der Waals surface area (Å²) in [5, 5.41) is 10.4. The third-order valence-electron chi connectivity index (χ3n) is 4.22. The summed E-state index contributed by atoms with van der Waals surface area (Å²) in [5.41, 5.74) is 1.84. The molecule has 0 fully saturated rings. The Kier molecular flexibility index (Phi) is 5.65. The van der Waals surface area contributed by atoms with E-state index in [0.717, 1.165) is 48.7 Å². The maximum absolute atomic E-state index is 12.3. The fraction of sp³-hybridized carbons (Fsp3) is 0.500. The zero-order chi connectivity index (χ0) is 17.6. The first-order valence-electron chi connectivity index (χ1n) is 8.87. The minimum atomic E-state index is -0.225. The number of ether oxygens (including phenoxy) is 1. The van der Waals surface area contributed by atoms with E-state index in [4.69, 9.17) is 4.74 Å². The molecule has 3 rings (SSSR count). The Morgan fingerprint density at radius 1 is 1.32 bits per heavy atom. The van der Waals surface area contributed by atoms with Crippen molar-refractivity contribution in [1.82, 2.24) is 20.1 Å². The van der Waals surface area contributed by atoms with Gasteiger partial charge in [0, 0.05) is 25.3 Å². The molecule has 0 aliphatic carbocycles. The van der Waals surface area contributed by atoms with Gasteiger partial charge in [0.05, 0.1) is 12.6 Å². The first-order chi connectivity index (χ1) is 12.2. The zero-order valence-corrected chi connectivity index (χ0v) is 14.8. The van der Waals surface area contributed by atoms with Crippen molar-refractivity contribution < 1.29 is 9.53 Å². The van der Waals surface area contributed by atoms with E-state index in [9.17, 15) is 4.79 Å². The number of hydrogen-bond acceptors (Lipinski definition) is 4. The molecule has 0 bridgehead atoms. The molecule has 2 N–H and O–H groups in total. The standard InChI is InChI=1S/C18H25N5O2/c1-3-16-21-17-15(6-5-11-23(17)22-16)20-18(24)19-14-9-7-13(8-10-14)12-25-4-2/h7-10,15H,3-6,11-12H2,1-2H3,(H2,19,20,24)/t15-/m0/s1. The summed E-state index contributed by atoms with van der Waals surface area (Å²) >= 11 is 0. The van der Waals surface area contributed by atoms with Gasteiger partial charge in [0.25, 0.3) is 0 Å². The van der Waals surface area contributed by atoms with Crippen LogP contribution in [0.1, 0.15) is 49.9 Å². The van der Waals surface area contributed by atoms with Crippen molar-refractivity contribution >= 4 is 11.7 Å². The van der Waals surface area contributed by atoms with Crippen LogP contribution in [0.5, 0.6) is 0 Å². The van der Waals surface area contributed by atoms with Crippen LogP contribution in [0.4, 0.5) is 10.5 Å². The van der Waals surface area contributed by atoms with Crippen LogP contribution in [0.25, 0.3) is 0 Å². The summed E-state index contributed by atoms with van der Waals surface area (Å²) in [5.74, 6) is 1.68. The molecule has 1 aromatic heterocycles. The Morgan fingerprint density at radius 2 is 2.12 bits per heavy atom. The molecule has 2 aromatic rings. The molecule has 0 unspecified atom stereocenters. The van der Waals surface area contributed by atoms with Crippen LogP contribution in [0, 0.1) is 0 Å². The van der Waals surface area contributed by atoms with Crippen LogP contribution < -0.4 is 10.6 Å². The molecule has 0 saturated heterocycles. The van der Waals surface area contributed by atoms with Gasteiger partial charge < -0.3 is 15.4 Å². The molecule has 25 heavy (non-hydrogen) atoms. The number of amides is 2. The molecule has 1 aliphatic rings. The Hall–Kier alpha value is -2.41. The summed E-state index contributed by atoms with van der Waals surface area (Å²) < 4.78 is 7.28. The first-order valence-corrected chi connectivity index (χ1v) is 8.87. The van der Waals surface area contributed by atoms with E-state index in [2.05, 4.69) is 20.7 Å². The van der Waals surface area contributed by atoms with Gasteiger partial charge in [-0.15, -0.1) is 0 Å². The smallest absolute Gasteiger partial charge is 0.319 e. The Bertz CT molecular complexity index is 711. The second kappa shape index (κ2) is 8.11. The van der Waals surface area contributed by atoms with Gasteiger partial charge in [0.2, 0.25) is 0 Å². The summed E-state index contributed by atoms with van der Waals surface area (Å²) in [6.07, 6.45) is 2.66. The Morgan fingerprint density at radius 3 is 2.84 bits per heavy atom. The number of carbonyl (C=O) groups is 1. The van der Waals surface area contributed by atoms with Crippen molar-refractivity contribution in [2.45, 2.75) is 52.3 Å². The number of rotatable bonds is 6. The summed E-state index contributed by atoms with van der Waals surface area (Å²) in [7, 11) is 0. The molecular formula is C18H25N5O2. The molecule has 7 heteroatoms. The number of nitrogens with zero attached hydrogens (tertiary/aromatic N) is 3. The van der Waals surface area contributed by atoms with Gasteiger partial charge in [0.15, 0.2) is 5.82 Å². The van der Waals surface area contributed by atoms with E-state index < -0.39 is 0 Å². The number of benzene rings is 1. The highest BCUT2D eigenvalue weighted by molar-refractivity contribution is 5.89. The van der Waals surface area contributed by atoms with Crippen molar-refractivity contribution in [3.05, 3.63) is 41.5 Å². The third kappa shape index (κ3) is 4.36. The van der Waals surface area contributed by atoms with E-state index in [1.807, 2.05) is 42.8 Å². The lowest BCUT2D eigenvalue weighted by Crippen LogP contribution is -2.36. The quantitative estimate of drug-likeness (QED) is 0.845. The predicted octanol–water partition coefficient (Wildman–Crippen LogP) is 3.03. The maximum atomic E-state index is 12.3. The van der Waals surface area contributed by atoms with Crippen molar-refractivity contribution in [3.63, 3.8) is 0 Å². The fourth-order valence-electron chi connectivity index (χ4n) is 2.92. The summed E-state index contributed by atoms with van der Waals surface area (Å²) in [6, 6.07) is 7.35. The van der Waals surface area contributed by atoms with Crippen LogP contribution in [-0.4, -0.2) is 27.4 Å². The van der Waals surface area contributed by atoms with Crippen molar-refractivity contribution in [2.24, 2.45) is 0 Å². The van der Waals surface area contributed by atoms with Gasteiger partial charge in [-0.25, -0.2) is 14.5 Å². The van der Waals surface area contributed by atoms with Gasteiger partial charge in [0.1, 0.15) is 5.82 Å². The van der Waals surface area contributed by atoms with Crippen molar-refractivity contribution in [1.29, 1.82) is 0 Å². The average Bonchev–Trinajstić information content (AvgIpc) is 3.05. The van der Waals surface area contributed by atoms with E-state index in [1.165, 1.54) is 0 Å². The van der Waals surface area contributed by atoms with Gasteiger partial charge in [-0.05, 0) is 37.5 Å². The lowest BCUT2D eigenvalue weighted by atomic mass is 10.1. The van der Waals surface area contributed by atoms with Gasteiger partial charge in [-0.1, -0.05) is 19.1 Å². The molecular weight excluding hydrogens is 318 g/mol. The molecule has 1 atom stereocenters. The topological polar surface area (TPSA) is 81.1 Å². The van der Waals surface area contributed by atoms with E-state index >= 15 is 0 Å². The van der Waals surface area contributed by atoms with Crippen LogP contribution in [-0.2, 0) is 24.3 Å². The van der Waals surface area contributed by atoms with Crippen molar-refractivity contribution in [3.8, 4) is 0 Å². The number of hydrogen-bond donors (Lipinski definition) is 2. The minimum Gasteiger partial charge on any atom is -0.377 e. The van der Waals surface area contributed by atoms with E-state index in [1.54, 1.807) is 0 Å². The number of anilines is 1. The van der Waals surface area contributed by atoms with Crippen LogP contribution in [0.2, 0.25) is 0 Å². The highest BCUT2D eigenvalue weighted by Crippen LogP contribution is 2.23. The highest BCUT2D eigenvalue weighted by atomic mass is 16.5. The lowest BCUT2D eigenvalue weighted by Gasteiger charge is -2.23. The summed E-state index contributed by atoms with van der Waals surface area (Å²) in [4.78, 5) is 16.9. The largest absolute Gasteiger partial charge is 0.377 e. The lowest BCUT2D eigenvalue weighted by molar-refractivity contribution is 0.134. The molecule has 2 heterocycles. The number of aromatic nitrogens is 3. The molecule has 1 aromatic carbocycles. The first kappa shape index (κ1) is 17.4. The molecule has 2 amide bonds. The third-order valence-corrected chi connectivity index (χ3v) is 4.22. The highest BCUT2D eigenvalue weighted by Gasteiger charge is 2.25. The normalized spacial score (nSPS) is 16.3. The van der Waals surface area contributed by atoms with E-state index in [0.29, 0.717) is 13.2 Å². The number of nitrogens with one attached hydrogen (secondary N) is 2. The number of urea groups is 1. The molecule has 134 valence electrons. The second-order valence-corrected chi connectivity index (χ2v) is 6.09. The second-order valence-electron chi connectivity index (χ2n) is 6.09. The summed E-state index contributed by atoms with van der Waals surface area (Å²) in [6.45, 7) is 6.14. The van der Waals surface area contributed by atoms with Crippen molar-refractivity contribution in [2.75, 3.05) is 11.9 Å². The fourth-order valence-corrected chi connectivity index (χ4v) is 2.92. The average molecular weight is 343 g/mol. The number of fused-ring (bicyclic) bond motifs is 1. The maximum Gasteiger partial charge on any atom is 0.319 e. The number of carbonyl (C=O) groups excluding carboxylic acids is 1. The van der Waals surface area contributed by atoms with E-state index in [-0.39, 0.29) is 12.1 Å². The molecule has 1 aliphatic heterocycles. The van der Waals surface area contributed by atoms with Gasteiger partial charge >= 0.3 is 6.03 Å².